The molecule has 1 N–H and O–H groups in total. The molecule has 130 valence electrons. The van der Waals surface area contributed by atoms with Gasteiger partial charge in [0.2, 0.25) is 0 Å². The maximum atomic E-state index is 9.99. The molecule has 6 heteroatoms. The minimum atomic E-state index is -0.785. The molecule has 1 fully saturated rings. The molecule has 0 amide bonds. The van der Waals surface area contributed by atoms with Crippen molar-refractivity contribution < 1.29 is 5.11 Å². The van der Waals surface area contributed by atoms with Gasteiger partial charge in [-0.3, -0.25) is 4.90 Å². The molecule has 0 aliphatic carbocycles. The number of rotatable bonds is 5. The molecule has 24 heavy (non-hydrogen) atoms. The number of nitrogens with zero attached hydrogens (tertiary/aromatic N) is 5. The van der Waals surface area contributed by atoms with Gasteiger partial charge in [0.15, 0.2) is 0 Å². The predicted octanol–water partition coefficient (Wildman–Crippen LogP) is 1.68. The van der Waals surface area contributed by atoms with Gasteiger partial charge in [0, 0.05) is 31.9 Å². The first kappa shape index (κ1) is 16.9. The van der Waals surface area contributed by atoms with Crippen molar-refractivity contribution >= 4 is 5.69 Å². The monoisotopic (exact) mass is 329 g/mol. The second-order valence-electron chi connectivity index (χ2n) is 7.25. The van der Waals surface area contributed by atoms with Gasteiger partial charge >= 0.3 is 0 Å². The largest absolute Gasteiger partial charge is 0.389 e. The summed E-state index contributed by atoms with van der Waals surface area (Å²) in [4.78, 5) is 9.20. The van der Waals surface area contributed by atoms with Gasteiger partial charge in [0.25, 0.3) is 0 Å². The highest BCUT2D eigenvalue weighted by atomic mass is 16.3. The van der Waals surface area contributed by atoms with Crippen LogP contribution in [-0.4, -0.2) is 56.6 Å². The minimum absolute atomic E-state index is 0.464. The van der Waals surface area contributed by atoms with Crippen molar-refractivity contribution in [3.05, 3.63) is 42.0 Å². The third-order valence-electron chi connectivity index (χ3n) is 4.34. The van der Waals surface area contributed by atoms with Crippen molar-refractivity contribution in [2.75, 3.05) is 31.1 Å². The summed E-state index contributed by atoms with van der Waals surface area (Å²) in [6, 6.07) is 8.68. The Hall–Kier alpha value is -1.92. The number of aliphatic hydroxyl groups is 1. The highest BCUT2D eigenvalue weighted by Crippen LogP contribution is 2.18. The number of anilines is 1. The van der Waals surface area contributed by atoms with Crippen LogP contribution in [0.5, 0.6) is 0 Å². The summed E-state index contributed by atoms with van der Waals surface area (Å²) < 4.78 is 1.81. The van der Waals surface area contributed by atoms with E-state index in [1.807, 2.05) is 4.68 Å². The first-order valence-electron chi connectivity index (χ1n) is 8.54. The van der Waals surface area contributed by atoms with Crippen LogP contribution in [0.3, 0.4) is 0 Å². The molecule has 1 aliphatic rings. The van der Waals surface area contributed by atoms with E-state index in [4.69, 9.17) is 0 Å². The highest BCUT2D eigenvalue weighted by Gasteiger charge is 2.21. The Labute approximate surface area is 143 Å². The molecule has 0 spiro atoms. The second kappa shape index (κ2) is 6.91. The Morgan fingerprint density at radius 3 is 2.58 bits per heavy atom. The molecule has 3 rings (SSSR count). The number of hydrogen-bond donors (Lipinski definition) is 1. The Bertz CT molecular complexity index is 668. The summed E-state index contributed by atoms with van der Waals surface area (Å²) in [6.07, 6.45) is 1.57. The third kappa shape index (κ3) is 4.33. The van der Waals surface area contributed by atoms with Gasteiger partial charge in [0.1, 0.15) is 12.2 Å². The molecule has 0 radical (unpaired) electrons. The summed E-state index contributed by atoms with van der Waals surface area (Å²) >= 11 is 0. The summed E-state index contributed by atoms with van der Waals surface area (Å²) in [5, 5.41) is 14.2. The zero-order valence-corrected chi connectivity index (χ0v) is 14.8. The lowest BCUT2D eigenvalue weighted by molar-refractivity contribution is 0.0556. The number of aryl methyl sites for hydroxylation is 1. The van der Waals surface area contributed by atoms with Crippen LogP contribution >= 0.6 is 0 Å². The van der Waals surface area contributed by atoms with E-state index in [2.05, 4.69) is 51.1 Å². The molecule has 1 aromatic carbocycles. The first-order chi connectivity index (χ1) is 11.4. The lowest BCUT2D eigenvalue weighted by Crippen LogP contribution is -2.46. The Morgan fingerprint density at radius 1 is 1.17 bits per heavy atom. The topological polar surface area (TPSA) is 57.4 Å². The smallest absolute Gasteiger partial charge is 0.141 e. The van der Waals surface area contributed by atoms with E-state index in [1.165, 1.54) is 11.3 Å². The normalized spacial score (nSPS) is 16.6. The van der Waals surface area contributed by atoms with Crippen LogP contribution in [0.1, 0.15) is 25.2 Å². The van der Waals surface area contributed by atoms with Crippen LogP contribution in [0, 0.1) is 6.92 Å². The molecule has 0 saturated carbocycles. The van der Waals surface area contributed by atoms with Crippen LogP contribution in [0.25, 0.3) is 0 Å². The van der Waals surface area contributed by atoms with Crippen molar-refractivity contribution in [3.8, 4) is 0 Å². The molecule has 1 aliphatic heterocycles. The standard InChI is InChI=1S/C18H27N5O/c1-15-5-4-6-16(11-15)22-9-7-21(8-10-22)12-17-19-14-20-23(17)13-18(2,3)24/h4-6,11,14,24H,7-10,12-13H2,1-3H3. The van der Waals surface area contributed by atoms with Crippen molar-refractivity contribution in [1.82, 2.24) is 19.7 Å². The van der Waals surface area contributed by atoms with Crippen molar-refractivity contribution in [2.24, 2.45) is 0 Å². The fraction of sp³-hybridized carbons (Fsp3) is 0.556. The van der Waals surface area contributed by atoms with Crippen LogP contribution in [0.15, 0.2) is 30.6 Å². The van der Waals surface area contributed by atoms with E-state index < -0.39 is 5.60 Å². The molecule has 0 bridgehead atoms. The van der Waals surface area contributed by atoms with Crippen LogP contribution < -0.4 is 4.90 Å². The van der Waals surface area contributed by atoms with Gasteiger partial charge in [-0.15, -0.1) is 0 Å². The third-order valence-corrected chi connectivity index (χ3v) is 4.34. The average molecular weight is 329 g/mol. The summed E-state index contributed by atoms with van der Waals surface area (Å²) in [6.45, 7) is 11.0. The van der Waals surface area contributed by atoms with Crippen LogP contribution in [0.4, 0.5) is 5.69 Å². The van der Waals surface area contributed by atoms with E-state index in [0.29, 0.717) is 6.54 Å². The van der Waals surface area contributed by atoms with E-state index in [0.717, 1.165) is 38.5 Å². The van der Waals surface area contributed by atoms with Gasteiger partial charge in [-0.25, -0.2) is 9.67 Å². The lowest BCUT2D eigenvalue weighted by Gasteiger charge is -2.36. The highest BCUT2D eigenvalue weighted by molar-refractivity contribution is 5.48. The van der Waals surface area contributed by atoms with Gasteiger partial charge in [-0.1, -0.05) is 12.1 Å². The van der Waals surface area contributed by atoms with Gasteiger partial charge in [-0.2, -0.15) is 5.10 Å². The van der Waals surface area contributed by atoms with Crippen LogP contribution in [-0.2, 0) is 13.1 Å². The predicted molar refractivity (Wildman–Crippen MR) is 95.0 cm³/mol. The number of piperazine rings is 1. The van der Waals surface area contributed by atoms with E-state index in [1.54, 1.807) is 20.2 Å². The average Bonchev–Trinajstić information content (AvgIpc) is 2.93. The molecule has 1 saturated heterocycles. The summed E-state index contributed by atoms with van der Waals surface area (Å²) in [5.41, 5.74) is 1.82. The van der Waals surface area contributed by atoms with Crippen molar-refractivity contribution in [2.45, 2.75) is 39.5 Å². The number of hydrogen-bond acceptors (Lipinski definition) is 5. The first-order valence-corrected chi connectivity index (χ1v) is 8.54. The fourth-order valence-corrected chi connectivity index (χ4v) is 3.10. The molecule has 0 unspecified atom stereocenters. The van der Waals surface area contributed by atoms with E-state index in [9.17, 15) is 5.11 Å². The molecule has 1 aromatic heterocycles. The quantitative estimate of drug-likeness (QED) is 0.904. The number of aromatic nitrogens is 3. The van der Waals surface area contributed by atoms with Gasteiger partial charge in [0.05, 0.1) is 18.7 Å². The molecular weight excluding hydrogens is 302 g/mol. The SMILES string of the molecule is Cc1cccc(N2CCN(Cc3ncnn3CC(C)(C)O)CC2)c1. The van der Waals surface area contributed by atoms with Gasteiger partial charge in [-0.05, 0) is 38.5 Å². The number of benzene rings is 1. The maximum Gasteiger partial charge on any atom is 0.141 e. The molecule has 2 aromatic rings. The fourth-order valence-electron chi connectivity index (χ4n) is 3.10. The zero-order valence-electron chi connectivity index (χ0n) is 14.8. The second-order valence-corrected chi connectivity index (χ2v) is 7.25. The molecule has 0 atom stereocenters. The molecule has 6 nitrogen and oxygen atoms in total. The van der Waals surface area contributed by atoms with Crippen LogP contribution in [0.2, 0.25) is 0 Å². The minimum Gasteiger partial charge on any atom is -0.389 e. The maximum absolute atomic E-state index is 9.99. The Balaban J connectivity index is 1.57. The Kier molecular flexibility index (Phi) is 4.87. The summed E-state index contributed by atoms with van der Waals surface area (Å²) in [5.74, 6) is 0.918. The Morgan fingerprint density at radius 2 is 1.92 bits per heavy atom. The van der Waals surface area contributed by atoms with Crippen molar-refractivity contribution in [1.29, 1.82) is 0 Å². The molecular formula is C18H27N5O. The van der Waals surface area contributed by atoms with Crippen molar-refractivity contribution in [3.63, 3.8) is 0 Å². The zero-order chi connectivity index (χ0) is 17.2. The lowest BCUT2D eigenvalue weighted by atomic mass is 10.1. The van der Waals surface area contributed by atoms with Gasteiger partial charge < -0.3 is 10.0 Å². The summed E-state index contributed by atoms with van der Waals surface area (Å²) in [7, 11) is 0. The molecule has 2 heterocycles. The van der Waals surface area contributed by atoms with E-state index >= 15 is 0 Å². The van der Waals surface area contributed by atoms with E-state index in [-0.39, 0.29) is 0 Å².